The summed E-state index contributed by atoms with van der Waals surface area (Å²) in [6, 6.07) is 3.83. The molecule has 12 nitrogen and oxygen atoms in total. The second-order valence-corrected chi connectivity index (χ2v) is 7.95. The van der Waals surface area contributed by atoms with E-state index in [9.17, 15) is 4.79 Å². The average molecular weight is 477 g/mol. The van der Waals surface area contributed by atoms with Crippen LogP contribution >= 0.6 is 12.4 Å². The highest BCUT2D eigenvalue weighted by molar-refractivity contribution is 5.88. The maximum atomic E-state index is 10.9. The fraction of sp³-hybridized carbons (Fsp3) is 0.500. The molecule has 2 fully saturated rings. The molecule has 33 heavy (non-hydrogen) atoms. The van der Waals surface area contributed by atoms with Gasteiger partial charge >= 0.3 is 6.09 Å². The number of rotatable bonds is 5. The first-order chi connectivity index (χ1) is 15.7. The summed E-state index contributed by atoms with van der Waals surface area (Å²) < 4.78 is 11.8. The van der Waals surface area contributed by atoms with E-state index in [1.807, 2.05) is 12.1 Å². The number of carboxylic acid groups (broad SMARTS) is 1. The molecular formula is C20H25ClN8O4. The molecule has 3 N–H and O–H groups in total. The minimum absolute atomic E-state index is 0. The van der Waals surface area contributed by atoms with E-state index in [1.165, 1.54) is 0 Å². The van der Waals surface area contributed by atoms with Gasteiger partial charge in [0, 0.05) is 37.0 Å². The molecule has 5 rings (SSSR count). The van der Waals surface area contributed by atoms with E-state index in [4.69, 9.17) is 19.6 Å². The lowest BCUT2D eigenvalue weighted by Gasteiger charge is -2.30. The summed E-state index contributed by atoms with van der Waals surface area (Å²) in [5.74, 6) is 1.76. The van der Waals surface area contributed by atoms with Gasteiger partial charge in [-0.25, -0.2) is 4.79 Å². The zero-order valence-corrected chi connectivity index (χ0v) is 18.6. The SMILES string of the molecule is Cl.O=C(O)NC1CCC(Oc2nc(N3CCOCC3)cc3ncc(-c4nn[nH]n4)cc23)CC1. The van der Waals surface area contributed by atoms with Gasteiger partial charge in [0.25, 0.3) is 0 Å². The number of carbonyl (C=O) groups is 1. The van der Waals surface area contributed by atoms with Crippen LogP contribution in [0.25, 0.3) is 22.3 Å². The number of amides is 1. The third-order valence-electron chi connectivity index (χ3n) is 5.85. The number of tetrazole rings is 1. The van der Waals surface area contributed by atoms with E-state index in [0.29, 0.717) is 30.5 Å². The standard InChI is InChI=1S/C20H24N8O4.ClH/c29-20(30)22-13-1-3-14(4-2-13)32-19-15-9-12(18-24-26-27-25-18)11-21-16(15)10-17(23-19)28-5-7-31-8-6-28;/h9-11,13-14,22H,1-8H2,(H,29,30)(H,24,25,26,27);1H. The molecule has 3 aromatic rings. The van der Waals surface area contributed by atoms with E-state index in [1.54, 1.807) is 6.20 Å². The first-order valence-electron chi connectivity index (χ1n) is 10.7. The smallest absolute Gasteiger partial charge is 0.404 e. The van der Waals surface area contributed by atoms with Gasteiger partial charge in [-0.15, -0.1) is 22.6 Å². The Hall–Kier alpha value is -3.25. The Morgan fingerprint density at radius 1 is 1.21 bits per heavy atom. The maximum Gasteiger partial charge on any atom is 0.404 e. The summed E-state index contributed by atoms with van der Waals surface area (Å²) in [7, 11) is 0. The van der Waals surface area contributed by atoms with Gasteiger partial charge < -0.3 is 24.8 Å². The molecule has 3 aromatic heterocycles. The van der Waals surface area contributed by atoms with E-state index < -0.39 is 6.09 Å². The van der Waals surface area contributed by atoms with Crippen LogP contribution in [0.15, 0.2) is 18.3 Å². The number of nitrogens with one attached hydrogen (secondary N) is 2. The maximum absolute atomic E-state index is 10.9. The van der Waals surface area contributed by atoms with Crippen LogP contribution < -0.4 is 15.0 Å². The van der Waals surface area contributed by atoms with Crippen LogP contribution in [0.3, 0.4) is 0 Å². The number of halogens is 1. The fourth-order valence-electron chi connectivity index (χ4n) is 4.19. The number of hydrogen-bond acceptors (Lipinski definition) is 9. The van der Waals surface area contributed by atoms with Crippen LogP contribution in [-0.4, -0.2) is 80.2 Å². The zero-order valence-electron chi connectivity index (χ0n) is 17.8. The van der Waals surface area contributed by atoms with Crippen molar-refractivity contribution in [3.63, 3.8) is 0 Å². The highest BCUT2D eigenvalue weighted by Crippen LogP contribution is 2.32. The van der Waals surface area contributed by atoms with Crippen LogP contribution in [0, 0.1) is 0 Å². The predicted molar refractivity (Wildman–Crippen MR) is 121 cm³/mol. The molecule has 1 aliphatic heterocycles. The molecule has 0 aromatic carbocycles. The molecule has 0 radical (unpaired) electrons. The number of morpholine rings is 1. The van der Waals surface area contributed by atoms with Gasteiger partial charge in [0.2, 0.25) is 11.7 Å². The molecule has 1 amide bonds. The first-order valence-corrected chi connectivity index (χ1v) is 10.7. The number of aromatic nitrogens is 6. The minimum Gasteiger partial charge on any atom is -0.474 e. The third-order valence-corrected chi connectivity index (χ3v) is 5.85. The van der Waals surface area contributed by atoms with Crippen molar-refractivity contribution in [1.29, 1.82) is 0 Å². The Balaban J connectivity index is 0.00000259. The summed E-state index contributed by atoms with van der Waals surface area (Å²) in [6.45, 7) is 2.82. The second kappa shape index (κ2) is 10.1. The fourth-order valence-corrected chi connectivity index (χ4v) is 4.19. The molecule has 0 spiro atoms. The molecular weight excluding hydrogens is 452 g/mol. The number of aromatic amines is 1. The van der Waals surface area contributed by atoms with Crippen molar-refractivity contribution in [3.05, 3.63) is 18.3 Å². The van der Waals surface area contributed by atoms with Gasteiger partial charge in [0.15, 0.2) is 0 Å². The summed E-state index contributed by atoms with van der Waals surface area (Å²) in [4.78, 5) is 22.5. The lowest BCUT2D eigenvalue weighted by molar-refractivity contribution is 0.121. The molecule has 4 heterocycles. The van der Waals surface area contributed by atoms with Crippen LogP contribution in [0.1, 0.15) is 25.7 Å². The number of nitrogens with zero attached hydrogens (tertiary/aromatic N) is 6. The van der Waals surface area contributed by atoms with Crippen molar-refractivity contribution in [1.82, 2.24) is 35.9 Å². The number of pyridine rings is 2. The monoisotopic (exact) mass is 476 g/mol. The number of H-pyrrole nitrogens is 1. The van der Waals surface area contributed by atoms with Gasteiger partial charge in [-0.05, 0) is 37.0 Å². The van der Waals surface area contributed by atoms with Gasteiger partial charge in [-0.3, -0.25) is 4.98 Å². The molecule has 0 unspecified atom stereocenters. The second-order valence-electron chi connectivity index (χ2n) is 7.95. The largest absolute Gasteiger partial charge is 0.474 e. The van der Waals surface area contributed by atoms with Crippen LogP contribution in [-0.2, 0) is 4.74 Å². The highest BCUT2D eigenvalue weighted by atomic mass is 35.5. The molecule has 1 aliphatic carbocycles. The van der Waals surface area contributed by atoms with Gasteiger partial charge in [0.1, 0.15) is 11.9 Å². The van der Waals surface area contributed by atoms with Crippen LogP contribution in [0.2, 0.25) is 0 Å². The molecule has 1 saturated carbocycles. The quantitative estimate of drug-likeness (QED) is 0.498. The Morgan fingerprint density at radius 3 is 2.70 bits per heavy atom. The molecule has 1 saturated heterocycles. The molecule has 2 aliphatic rings. The normalized spacial score (nSPS) is 20.8. The van der Waals surface area contributed by atoms with E-state index in [2.05, 4.69) is 35.8 Å². The topological polar surface area (TPSA) is 151 Å². The van der Waals surface area contributed by atoms with Crippen molar-refractivity contribution >= 4 is 35.2 Å². The molecule has 176 valence electrons. The lowest BCUT2D eigenvalue weighted by atomic mass is 9.93. The predicted octanol–water partition coefficient (Wildman–Crippen LogP) is 2.03. The Morgan fingerprint density at radius 2 is 2.00 bits per heavy atom. The van der Waals surface area contributed by atoms with Crippen molar-refractivity contribution < 1.29 is 19.4 Å². The Bertz CT molecular complexity index is 1090. The van der Waals surface area contributed by atoms with E-state index in [-0.39, 0.29) is 24.6 Å². The number of anilines is 1. The summed E-state index contributed by atoms with van der Waals surface area (Å²) in [5.41, 5.74) is 1.48. The van der Waals surface area contributed by atoms with Crippen molar-refractivity contribution in [2.75, 3.05) is 31.2 Å². The van der Waals surface area contributed by atoms with Crippen LogP contribution in [0.5, 0.6) is 5.88 Å². The number of hydrogen-bond donors (Lipinski definition) is 3. The molecule has 13 heteroatoms. The van der Waals surface area contributed by atoms with Gasteiger partial charge in [0.05, 0.1) is 24.1 Å². The van der Waals surface area contributed by atoms with Crippen molar-refractivity contribution in [2.24, 2.45) is 0 Å². The van der Waals surface area contributed by atoms with Crippen molar-refractivity contribution in [2.45, 2.75) is 37.8 Å². The van der Waals surface area contributed by atoms with Crippen LogP contribution in [0.4, 0.5) is 10.6 Å². The molecule has 0 bridgehead atoms. The molecule has 0 atom stereocenters. The summed E-state index contributed by atoms with van der Waals surface area (Å²) in [6.07, 6.45) is 3.62. The zero-order chi connectivity index (χ0) is 21.9. The first kappa shape index (κ1) is 22.9. The lowest BCUT2D eigenvalue weighted by Crippen LogP contribution is -2.39. The minimum atomic E-state index is -0.986. The van der Waals surface area contributed by atoms with E-state index >= 15 is 0 Å². The average Bonchev–Trinajstić information content (AvgIpc) is 3.35. The Kier molecular flexibility index (Phi) is 7.04. The van der Waals surface area contributed by atoms with E-state index in [0.717, 1.165) is 55.5 Å². The van der Waals surface area contributed by atoms with Crippen molar-refractivity contribution in [3.8, 4) is 17.3 Å². The summed E-state index contributed by atoms with van der Waals surface area (Å²) >= 11 is 0. The number of fused-ring (bicyclic) bond motifs is 1. The third kappa shape index (κ3) is 5.22. The highest BCUT2D eigenvalue weighted by Gasteiger charge is 2.25. The number of ether oxygens (including phenoxy) is 2. The Labute approximate surface area is 195 Å². The van der Waals surface area contributed by atoms with Gasteiger partial charge in [-0.2, -0.15) is 10.2 Å². The summed E-state index contributed by atoms with van der Waals surface area (Å²) in [5, 5.41) is 26.4. The van der Waals surface area contributed by atoms with Gasteiger partial charge in [-0.1, -0.05) is 0 Å².